The Labute approximate surface area is 96.6 Å². The van der Waals surface area contributed by atoms with Crippen LogP contribution in [0.2, 0.25) is 0 Å². The van der Waals surface area contributed by atoms with E-state index in [1.807, 2.05) is 0 Å². The maximum Gasteiger partial charge on any atom is 0.251 e. The van der Waals surface area contributed by atoms with Crippen LogP contribution in [-0.2, 0) is 14.3 Å². The van der Waals surface area contributed by atoms with E-state index in [1.54, 1.807) is 14.1 Å². The third-order valence-electron chi connectivity index (χ3n) is 1.80. The van der Waals surface area contributed by atoms with Crippen molar-refractivity contribution >= 4 is 5.91 Å². The van der Waals surface area contributed by atoms with E-state index in [2.05, 4.69) is 6.58 Å². The smallest absolute Gasteiger partial charge is 0.251 e. The van der Waals surface area contributed by atoms with Gasteiger partial charge in [0.25, 0.3) is 5.91 Å². The first-order chi connectivity index (χ1) is 7.59. The molecule has 0 spiro atoms. The van der Waals surface area contributed by atoms with Gasteiger partial charge in [-0.1, -0.05) is 6.58 Å². The molecule has 0 radical (unpaired) electrons. The molecule has 0 unspecified atom stereocenters. The number of nitrogens with zero attached hydrogens (tertiary/aromatic N) is 1. The lowest BCUT2D eigenvalue weighted by atomic mass is 10.3. The summed E-state index contributed by atoms with van der Waals surface area (Å²) in [7, 11) is 3.35. The van der Waals surface area contributed by atoms with Gasteiger partial charge < -0.3 is 19.5 Å². The molecule has 0 rings (SSSR count). The number of aliphatic hydroxyl groups is 1. The minimum absolute atomic E-state index is 0.0367. The average Bonchev–Trinajstić information content (AvgIpc) is 2.26. The van der Waals surface area contributed by atoms with E-state index in [1.165, 1.54) is 4.90 Å². The van der Waals surface area contributed by atoms with Gasteiger partial charge in [0.15, 0.2) is 0 Å². The van der Waals surface area contributed by atoms with Gasteiger partial charge in [0.05, 0.1) is 19.8 Å². The highest BCUT2D eigenvalue weighted by molar-refractivity contribution is 5.92. The third-order valence-corrected chi connectivity index (χ3v) is 1.80. The minimum atomic E-state index is -0.114. The van der Waals surface area contributed by atoms with Crippen LogP contribution in [0.3, 0.4) is 0 Å². The summed E-state index contributed by atoms with van der Waals surface area (Å²) in [6.45, 7) is 5.35. The van der Waals surface area contributed by atoms with Gasteiger partial charge in [0, 0.05) is 32.9 Å². The molecule has 5 nitrogen and oxygen atoms in total. The van der Waals surface area contributed by atoms with E-state index in [0.717, 1.165) is 6.42 Å². The van der Waals surface area contributed by atoms with Crippen molar-refractivity contribution in [2.24, 2.45) is 0 Å². The predicted molar refractivity (Wildman–Crippen MR) is 61.2 cm³/mol. The molecular weight excluding hydrogens is 210 g/mol. The average molecular weight is 231 g/mol. The van der Waals surface area contributed by atoms with Gasteiger partial charge in [-0.25, -0.2) is 0 Å². The standard InChI is InChI=1S/C11H21NO4/c1-10(11(14)12(2)3)9-16-7-4-6-15-8-5-13/h13H,1,4-9H2,2-3H3. The van der Waals surface area contributed by atoms with E-state index < -0.39 is 0 Å². The number of hydrogen-bond acceptors (Lipinski definition) is 4. The topological polar surface area (TPSA) is 59.0 Å². The Hall–Kier alpha value is -0.910. The SMILES string of the molecule is C=C(COCCCOCCO)C(=O)N(C)C. The molecule has 0 aromatic rings. The lowest BCUT2D eigenvalue weighted by molar-refractivity contribution is -0.125. The normalized spacial score (nSPS) is 10.2. The van der Waals surface area contributed by atoms with Crippen LogP contribution < -0.4 is 0 Å². The molecule has 0 fully saturated rings. The number of likely N-dealkylation sites (N-methyl/N-ethyl adjacent to an activating group) is 1. The molecule has 1 N–H and O–H groups in total. The maximum atomic E-state index is 11.3. The van der Waals surface area contributed by atoms with E-state index in [9.17, 15) is 4.79 Å². The molecule has 0 aromatic heterocycles. The van der Waals surface area contributed by atoms with Crippen LogP contribution in [0.5, 0.6) is 0 Å². The number of amides is 1. The predicted octanol–water partition coefficient (Wildman–Crippen LogP) is 0.0464. The van der Waals surface area contributed by atoms with Crippen LogP contribution in [-0.4, -0.2) is 63.0 Å². The summed E-state index contributed by atoms with van der Waals surface area (Å²) in [5.41, 5.74) is 0.446. The van der Waals surface area contributed by atoms with Crippen LogP contribution in [0, 0.1) is 0 Å². The molecule has 0 saturated heterocycles. The van der Waals surface area contributed by atoms with Gasteiger partial charge in [-0.2, -0.15) is 0 Å². The Morgan fingerprint density at radius 2 is 1.88 bits per heavy atom. The number of carbonyl (C=O) groups excluding carboxylic acids is 1. The molecule has 1 amide bonds. The van der Waals surface area contributed by atoms with Crippen molar-refractivity contribution in [1.29, 1.82) is 0 Å². The van der Waals surface area contributed by atoms with E-state index in [-0.39, 0.29) is 19.1 Å². The molecule has 0 heterocycles. The number of rotatable bonds is 9. The summed E-state index contributed by atoms with van der Waals surface area (Å²) in [5.74, 6) is -0.114. The van der Waals surface area contributed by atoms with Crippen molar-refractivity contribution in [3.8, 4) is 0 Å². The first-order valence-electron chi connectivity index (χ1n) is 5.25. The molecule has 16 heavy (non-hydrogen) atoms. The van der Waals surface area contributed by atoms with Crippen molar-refractivity contribution in [1.82, 2.24) is 4.90 Å². The molecule has 0 aliphatic carbocycles. The highest BCUT2D eigenvalue weighted by Gasteiger charge is 2.08. The first kappa shape index (κ1) is 15.1. The van der Waals surface area contributed by atoms with Crippen LogP contribution in [0.15, 0.2) is 12.2 Å². The van der Waals surface area contributed by atoms with Gasteiger partial charge in [0.1, 0.15) is 0 Å². The molecule has 0 aromatic carbocycles. The van der Waals surface area contributed by atoms with Gasteiger partial charge >= 0.3 is 0 Å². The number of hydrogen-bond donors (Lipinski definition) is 1. The van der Waals surface area contributed by atoms with Crippen molar-refractivity contribution < 1.29 is 19.4 Å². The fourth-order valence-electron chi connectivity index (χ4n) is 1.00. The van der Waals surface area contributed by atoms with Crippen molar-refractivity contribution in [2.45, 2.75) is 6.42 Å². The summed E-state index contributed by atoms with van der Waals surface area (Å²) in [6, 6.07) is 0. The molecule has 0 saturated carbocycles. The van der Waals surface area contributed by atoms with Gasteiger partial charge in [-0.15, -0.1) is 0 Å². The third kappa shape index (κ3) is 7.39. The molecular formula is C11H21NO4. The van der Waals surface area contributed by atoms with Crippen molar-refractivity contribution in [3.05, 3.63) is 12.2 Å². The van der Waals surface area contributed by atoms with Crippen LogP contribution in [0.1, 0.15) is 6.42 Å². The summed E-state index contributed by atoms with van der Waals surface area (Å²) < 4.78 is 10.3. The quantitative estimate of drug-likeness (QED) is 0.450. The zero-order valence-electron chi connectivity index (χ0n) is 10.1. The second-order valence-electron chi connectivity index (χ2n) is 3.55. The van der Waals surface area contributed by atoms with Gasteiger partial charge in [0.2, 0.25) is 0 Å². The highest BCUT2D eigenvalue weighted by Crippen LogP contribution is 1.97. The van der Waals surface area contributed by atoms with Crippen molar-refractivity contribution in [3.63, 3.8) is 0 Å². The fourth-order valence-corrected chi connectivity index (χ4v) is 1.00. The van der Waals surface area contributed by atoms with E-state index >= 15 is 0 Å². The Balaban J connectivity index is 3.38. The Bertz CT molecular complexity index is 216. The Morgan fingerprint density at radius 3 is 2.44 bits per heavy atom. The molecule has 94 valence electrons. The summed E-state index contributed by atoms with van der Waals surface area (Å²) >= 11 is 0. The zero-order chi connectivity index (χ0) is 12.4. The lowest BCUT2D eigenvalue weighted by Crippen LogP contribution is -2.25. The second kappa shape index (κ2) is 9.33. The Kier molecular flexibility index (Phi) is 8.80. The van der Waals surface area contributed by atoms with Crippen molar-refractivity contribution in [2.75, 3.05) is 47.1 Å². The molecule has 5 heteroatoms. The zero-order valence-corrected chi connectivity index (χ0v) is 10.1. The van der Waals surface area contributed by atoms with E-state index in [0.29, 0.717) is 25.4 Å². The summed E-state index contributed by atoms with van der Waals surface area (Å²) in [6.07, 6.45) is 0.740. The maximum absolute atomic E-state index is 11.3. The lowest BCUT2D eigenvalue weighted by Gasteiger charge is -2.12. The van der Waals surface area contributed by atoms with Crippen LogP contribution in [0.25, 0.3) is 0 Å². The van der Waals surface area contributed by atoms with E-state index in [4.69, 9.17) is 14.6 Å². The first-order valence-corrected chi connectivity index (χ1v) is 5.25. The molecule has 0 atom stereocenters. The van der Waals surface area contributed by atoms with Gasteiger partial charge in [-0.3, -0.25) is 4.79 Å². The Morgan fingerprint density at radius 1 is 1.25 bits per heavy atom. The molecule has 0 bridgehead atoms. The monoisotopic (exact) mass is 231 g/mol. The summed E-state index contributed by atoms with van der Waals surface area (Å²) in [5, 5.41) is 8.44. The fraction of sp³-hybridized carbons (Fsp3) is 0.727. The highest BCUT2D eigenvalue weighted by atomic mass is 16.5. The number of aliphatic hydroxyl groups excluding tert-OH is 1. The van der Waals surface area contributed by atoms with Gasteiger partial charge in [-0.05, 0) is 6.42 Å². The molecule has 0 aliphatic heterocycles. The number of ether oxygens (including phenoxy) is 2. The number of carbonyl (C=O) groups is 1. The van der Waals surface area contributed by atoms with Crippen LogP contribution in [0.4, 0.5) is 0 Å². The largest absolute Gasteiger partial charge is 0.394 e. The second-order valence-corrected chi connectivity index (χ2v) is 3.55. The molecule has 0 aliphatic rings. The minimum Gasteiger partial charge on any atom is -0.394 e. The van der Waals surface area contributed by atoms with Crippen LogP contribution >= 0.6 is 0 Å². The summed E-state index contributed by atoms with van der Waals surface area (Å²) in [4.78, 5) is 12.8.